The number of anilines is 1. The molecule has 0 aliphatic carbocycles. The number of nitrogens with one attached hydrogen (secondary N) is 1. The van der Waals surface area contributed by atoms with E-state index in [1.165, 1.54) is 0 Å². The van der Waals surface area contributed by atoms with Crippen LogP contribution in [0.15, 0.2) is 36.7 Å². The van der Waals surface area contributed by atoms with Crippen LogP contribution in [0, 0.1) is 0 Å². The summed E-state index contributed by atoms with van der Waals surface area (Å²) < 4.78 is 0. The summed E-state index contributed by atoms with van der Waals surface area (Å²) in [6.07, 6.45) is 6.61. The molecule has 1 fully saturated rings. The minimum absolute atomic E-state index is 0.0310. The molecule has 0 unspecified atom stereocenters. The van der Waals surface area contributed by atoms with Gasteiger partial charge in [-0.05, 0) is 37.0 Å². The van der Waals surface area contributed by atoms with Crippen molar-refractivity contribution in [3.63, 3.8) is 0 Å². The zero-order valence-electron chi connectivity index (χ0n) is 13.7. The molecule has 3 rings (SSSR count). The molecule has 1 atom stereocenters. The predicted octanol–water partition coefficient (Wildman–Crippen LogP) is 3.47. The van der Waals surface area contributed by atoms with Gasteiger partial charge in [0.1, 0.15) is 5.82 Å². The summed E-state index contributed by atoms with van der Waals surface area (Å²) in [4.78, 5) is 23.4. The van der Waals surface area contributed by atoms with E-state index < -0.39 is 0 Å². The summed E-state index contributed by atoms with van der Waals surface area (Å²) >= 11 is 5.90. The molecule has 1 amide bonds. The molecular weight excluding hydrogens is 324 g/mol. The van der Waals surface area contributed by atoms with Gasteiger partial charge in [0, 0.05) is 25.0 Å². The van der Waals surface area contributed by atoms with Crippen molar-refractivity contribution >= 4 is 23.3 Å². The molecule has 2 aromatic rings. The number of nitrogens with zero attached hydrogens (tertiary/aromatic N) is 3. The monoisotopic (exact) mass is 344 g/mol. The molecule has 1 saturated heterocycles. The lowest BCUT2D eigenvalue weighted by molar-refractivity contribution is -0.132. The van der Waals surface area contributed by atoms with Gasteiger partial charge in [-0.1, -0.05) is 23.7 Å². The molecule has 0 saturated carbocycles. The summed E-state index contributed by atoms with van der Waals surface area (Å²) in [6, 6.07) is 7.69. The van der Waals surface area contributed by atoms with Crippen molar-refractivity contribution in [2.45, 2.75) is 31.7 Å². The predicted molar refractivity (Wildman–Crippen MR) is 95.0 cm³/mol. The van der Waals surface area contributed by atoms with Crippen LogP contribution in [0.25, 0.3) is 0 Å². The van der Waals surface area contributed by atoms with Gasteiger partial charge in [0.2, 0.25) is 5.91 Å². The Morgan fingerprint density at radius 2 is 2.12 bits per heavy atom. The number of benzene rings is 1. The Labute approximate surface area is 147 Å². The number of amides is 1. The first kappa shape index (κ1) is 16.7. The fraction of sp³-hybridized carbons (Fsp3) is 0.389. The Bertz CT molecular complexity index is 704. The van der Waals surface area contributed by atoms with Crippen molar-refractivity contribution < 1.29 is 4.79 Å². The van der Waals surface area contributed by atoms with E-state index in [4.69, 9.17) is 11.6 Å². The Balaban J connectivity index is 1.65. The van der Waals surface area contributed by atoms with Crippen LogP contribution in [0.1, 0.15) is 36.6 Å². The fourth-order valence-electron chi connectivity index (χ4n) is 3.08. The maximum atomic E-state index is 12.7. The first-order valence-electron chi connectivity index (χ1n) is 8.21. The molecule has 2 heterocycles. The van der Waals surface area contributed by atoms with Crippen molar-refractivity contribution in [3.05, 3.63) is 52.9 Å². The second-order valence-electron chi connectivity index (χ2n) is 5.95. The van der Waals surface area contributed by atoms with Crippen LogP contribution < -0.4 is 5.32 Å². The molecule has 1 aliphatic rings. The Hall–Kier alpha value is -2.14. The third-order valence-corrected chi connectivity index (χ3v) is 4.62. The summed E-state index contributed by atoms with van der Waals surface area (Å²) in [5.41, 5.74) is 1.99. The highest BCUT2D eigenvalue weighted by atomic mass is 35.5. The van der Waals surface area contributed by atoms with Crippen molar-refractivity contribution in [1.29, 1.82) is 0 Å². The van der Waals surface area contributed by atoms with Gasteiger partial charge >= 0.3 is 0 Å². The first-order valence-corrected chi connectivity index (χ1v) is 8.59. The van der Waals surface area contributed by atoms with Crippen LogP contribution in [0.4, 0.5) is 5.82 Å². The van der Waals surface area contributed by atoms with E-state index in [1.807, 2.05) is 36.2 Å². The van der Waals surface area contributed by atoms with Crippen molar-refractivity contribution in [3.8, 4) is 0 Å². The molecule has 0 radical (unpaired) electrons. The molecule has 126 valence electrons. The number of carbonyl (C=O) groups is 1. The quantitative estimate of drug-likeness (QED) is 0.902. The van der Waals surface area contributed by atoms with Crippen LogP contribution in [-0.4, -0.2) is 34.4 Å². The number of halogens is 1. The standard InChI is InChI=1S/C18H21ClN4O/c1-20-17-12-21-11-15(22-17)16-3-2-10-23(16)18(24)9-6-13-4-7-14(19)8-5-13/h4-5,7-8,11-12,16H,2-3,6,9-10H2,1H3,(H,20,22)/t16-/m0/s1. The lowest BCUT2D eigenvalue weighted by Gasteiger charge is -2.24. The molecule has 5 nitrogen and oxygen atoms in total. The van der Waals surface area contributed by atoms with Gasteiger partial charge in [-0.15, -0.1) is 0 Å². The lowest BCUT2D eigenvalue weighted by Crippen LogP contribution is -2.31. The highest BCUT2D eigenvalue weighted by Gasteiger charge is 2.30. The van der Waals surface area contributed by atoms with E-state index in [1.54, 1.807) is 12.4 Å². The molecule has 1 aromatic carbocycles. The largest absolute Gasteiger partial charge is 0.372 e. The number of hydrogen-bond acceptors (Lipinski definition) is 4. The Morgan fingerprint density at radius 3 is 2.88 bits per heavy atom. The second kappa shape index (κ2) is 7.62. The highest BCUT2D eigenvalue weighted by molar-refractivity contribution is 6.30. The van der Waals surface area contributed by atoms with Gasteiger partial charge < -0.3 is 10.2 Å². The number of aryl methyl sites for hydroxylation is 1. The molecule has 1 N–H and O–H groups in total. The molecule has 1 aromatic heterocycles. The smallest absolute Gasteiger partial charge is 0.223 e. The third kappa shape index (κ3) is 3.85. The zero-order chi connectivity index (χ0) is 16.9. The number of likely N-dealkylation sites (tertiary alicyclic amines) is 1. The van der Waals surface area contributed by atoms with E-state index in [0.29, 0.717) is 11.4 Å². The molecule has 6 heteroatoms. The maximum absolute atomic E-state index is 12.7. The second-order valence-corrected chi connectivity index (χ2v) is 6.39. The van der Waals surface area contributed by atoms with Crippen molar-refractivity contribution in [2.24, 2.45) is 0 Å². The van der Waals surface area contributed by atoms with E-state index in [-0.39, 0.29) is 11.9 Å². The summed E-state index contributed by atoms with van der Waals surface area (Å²) in [5.74, 6) is 0.900. The van der Waals surface area contributed by atoms with Gasteiger partial charge in [0.15, 0.2) is 0 Å². The van der Waals surface area contributed by atoms with Crippen molar-refractivity contribution in [1.82, 2.24) is 14.9 Å². The normalized spacial score (nSPS) is 17.1. The average Bonchev–Trinajstić information content (AvgIpc) is 3.11. The summed E-state index contributed by atoms with van der Waals surface area (Å²) in [5, 5.41) is 3.71. The van der Waals surface area contributed by atoms with Crippen LogP contribution in [0.5, 0.6) is 0 Å². The Morgan fingerprint density at radius 1 is 1.33 bits per heavy atom. The summed E-state index contributed by atoms with van der Waals surface area (Å²) in [7, 11) is 1.82. The van der Waals surface area contributed by atoms with Crippen LogP contribution >= 0.6 is 11.6 Å². The lowest BCUT2D eigenvalue weighted by atomic mass is 10.1. The van der Waals surface area contributed by atoms with E-state index in [9.17, 15) is 4.79 Å². The van der Waals surface area contributed by atoms with Gasteiger partial charge in [0.25, 0.3) is 0 Å². The minimum atomic E-state index is 0.0310. The van der Waals surface area contributed by atoms with Crippen LogP contribution in [-0.2, 0) is 11.2 Å². The molecular formula is C18H21ClN4O. The number of rotatable bonds is 5. The van der Waals surface area contributed by atoms with Gasteiger partial charge in [-0.3, -0.25) is 9.78 Å². The average molecular weight is 345 g/mol. The number of aromatic nitrogens is 2. The first-order chi connectivity index (χ1) is 11.7. The number of hydrogen-bond donors (Lipinski definition) is 1. The molecule has 0 spiro atoms. The topological polar surface area (TPSA) is 58.1 Å². The fourth-order valence-corrected chi connectivity index (χ4v) is 3.21. The summed E-state index contributed by atoms with van der Waals surface area (Å²) in [6.45, 7) is 0.787. The highest BCUT2D eigenvalue weighted by Crippen LogP contribution is 2.31. The number of carbonyl (C=O) groups excluding carboxylic acids is 1. The zero-order valence-corrected chi connectivity index (χ0v) is 14.5. The van der Waals surface area contributed by atoms with E-state index >= 15 is 0 Å². The maximum Gasteiger partial charge on any atom is 0.223 e. The third-order valence-electron chi connectivity index (χ3n) is 4.36. The van der Waals surface area contributed by atoms with Gasteiger partial charge in [0.05, 0.1) is 24.1 Å². The van der Waals surface area contributed by atoms with Gasteiger partial charge in [-0.2, -0.15) is 0 Å². The molecule has 0 bridgehead atoms. The molecule has 1 aliphatic heterocycles. The SMILES string of the molecule is CNc1cncc([C@@H]2CCCN2C(=O)CCc2ccc(Cl)cc2)n1. The van der Waals surface area contributed by atoms with Gasteiger partial charge in [-0.25, -0.2) is 4.98 Å². The minimum Gasteiger partial charge on any atom is -0.372 e. The van der Waals surface area contributed by atoms with E-state index in [2.05, 4.69) is 15.3 Å². The van der Waals surface area contributed by atoms with Crippen LogP contribution in [0.2, 0.25) is 5.02 Å². The van der Waals surface area contributed by atoms with E-state index in [0.717, 1.165) is 42.9 Å². The van der Waals surface area contributed by atoms with Crippen molar-refractivity contribution in [2.75, 3.05) is 18.9 Å². The molecule has 24 heavy (non-hydrogen) atoms. The Kier molecular flexibility index (Phi) is 5.30. The van der Waals surface area contributed by atoms with Crippen LogP contribution in [0.3, 0.4) is 0 Å².